The molecule has 0 bridgehead atoms. The fourth-order valence-corrected chi connectivity index (χ4v) is 4.13. The Balaban J connectivity index is 1.54. The van der Waals surface area contributed by atoms with Crippen LogP contribution in [-0.2, 0) is 6.54 Å². The first-order valence-corrected chi connectivity index (χ1v) is 11.1. The molecule has 31 heavy (non-hydrogen) atoms. The molecule has 3 heterocycles. The Morgan fingerprint density at radius 1 is 1.13 bits per heavy atom. The minimum Gasteiger partial charge on any atom is -0.336 e. The van der Waals surface area contributed by atoms with Crippen molar-refractivity contribution in [1.82, 2.24) is 29.7 Å². The van der Waals surface area contributed by atoms with Crippen LogP contribution in [0, 0.1) is 13.8 Å². The van der Waals surface area contributed by atoms with Crippen LogP contribution in [0.25, 0.3) is 16.9 Å². The predicted octanol–water partition coefficient (Wildman–Crippen LogP) is 3.66. The van der Waals surface area contributed by atoms with Crippen LogP contribution in [0.5, 0.6) is 0 Å². The Kier molecular flexibility index (Phi) is 6.23. The number of rotatable bonds is 5. The molecule has 2 amide bonds. The van der Waals surface area contributed by atoms with Gasteiger partial charge < -0.3 is 10.2 Å². The maximum Gasteiger partial charge on any atom is 0.317 e. The standard InChI is InChI=1S/C24H32N6O/c1-5-19(4)26-24(31)29-11-9-28(10-12-29)16-22-27-21-7-6-8-25-23(21)30(22)20-14-17(2)13-18(3)15-20/h6-8,13-15,19H,5,9-12,16H2,1-4H3,(H,26,31). The van der Waals surface area contributed by atoms with Crippen molar-refractivity contribution in [1.29, 1.82) is 0 Å². The number of amides is 2. The highest BCUT2D eigenvalue weighted by atomic mass is 16.2. The first kappa shape index (κ1) is 21.3. The van der Waals surface area contributed by atoms with Gasteiger partial charge in [0.2, 0.25) is 0 Å². The maximum absolute atomic E-state index is 12.4. The van der Waals surface area contributed by atoms with Gasteiger partial charge in [-0.3, -0.25) is 9.47 Å². The number of carbonyl (C=O) groups is 1. The summed E-state index contributed by atoms with van der Waals surface area (Å²) >= 11 is 0. The average Bonchev–Trinajstić information content (AvgIpc) is 3.11. The van der Waals surface area contributed by atoms with Crippen LogP contribution in [-0.4, -0.2) is 62.6 Å². The van der Waals surface area contributed by atoms with E-state index in [9.17, 15) is 4.79 Å². The van der Waals surface area contributed by atoms with Crippen LogP contribution in [0.2, 0.25) is 0 Å². The summed E-state index contributed by atoms with van der Waals surface area (Å²) in [6, 6.07) is 10.7. The van der Waals surface area contributed by atoms with Gasteiger partial charge in [0, 0.05) is 44.1 Å². The summed E-state index contributed by atoms with van der Waals surface area (Å²) in [6.07, 6.45) is 2.76. The lowest BCUT2D eigenvalue weighted by molar-refractivity contribution is 0.131. The zero-order valence-corrected chi connectivity index (χ0v) is 18.9. The Morgan fingerprint density at radius 3 is 2.52 bits per heavy atom. The lowest BCUT2D eigenvalue weighted by atomic mass is 10.1. The second-order valence-electron chi connectivity index (χ2n) is 8.58. The predicted molar refractivity (Wildman–Crippen MR) is 123 cm³/mol. The number of hydrogen-bond donors (Lipinski definition) is 1. The quantitative estimate of drug-likeness (QED) is 0.684. The summed E-state index contributed by atoms with van der Waals surface area (Å²) in [6.45, 7) is 12.2. The molecule has 7 heteroatoms. The molecule has 0 aliphatic carbocycles. The van der Waals surface area contributed by atoms with E-state index < -0.39 is 0 Å². The number of fused-ring (bicyclic) bond motifs is 1. The highest BCUT2D eigenvalue weighted by Gasteiger charge is 2.24. The largest absolute Gasteiger partial charge is 0.336 e. The molecule has 0 radical (unpaired) electrons. The van der Waals surface area contributed by atoms with Crippen LogP contribution in [0.4, 0.5) is 4.79 Å². The van der Waals surface area contributed by atoms with E-state index in [0.29, 0.717) is 0 Å². The van der Waals surface area contributed by atoms with Gasteiger partial charge in [0.1, 0.15) is 11.3 Å². The van der Waals surface area contributed by atoms with Gasteiger partial charge in [-0.05, 0) is 62.6 Å². The monoisotopic (exact) mass is 420 g/mol. The van der Waals surface area contributed by atoms with Crippen LogP contribution in [0.3, 0.4) is 0 Å². The Morgan fingerprint density at radius 2 is 1.84 bits per heavy atom. The number of nitrogens with zero attached hydrogens (tertiary/aromatic N) is 5. The van der Waals surface area contributed by atoms with Gasteiger partial charge >= 0.3 is 6.03 Å². The van der Waals surface area contributed by atoms with E-state index >= 15 is 0 Å². The number of aromatic nitrogens is 3. The summed E-state index contributed by atoms with van der Waals surface area (Å²) in [4.78, 5) is 26.2. The first-order valence-electron chi connectivity index (χ1n) is 11.1. The fourth-order valence-electron chi connectivity index (χ4n) is 4.13. The number of benzene rings is 1. The molecular formula is C24H32N6O. The molecule has 0 saturated carbocycles. The summed E-state index contributed by atoms with van der Waals surface area (Å²) in [5, 5.41) is 3.07. The molecule has 7 nitrogen and oxygen atoms in total. The number of imidazole rings is 1. The van der Waals surface area contributed by atoms with Crippen molar-refractivity contribution in [3.8, 4) is 5.69 Å². The molecule has 1 atom stereocenters. The lowest BCUT2D eigenvalue weighted by Gasteiger charge is -2.35. The zero-order valence-electron chi connectivity index (χ0n) is 18.9. The van der Waals surface area contributed by atoms with E-state index in [1.165, 1.54) is 11.1 Å². The van der Waals surface area contributed by atoms with Crippen molar-refractivity contribution in [2.75, 3.05) is 26.2 Å². The third kappa shape index (κ3) is 4.71. The molecule has 1 saturated heterocycles. The van der Waals surface area contributed by atoms with E-state index in [1.807, 2.05) is 30.2 Å². The molecule has 3 aromatic rings. The van der Waals surface area contributed by atoms with Gasteiger partial charge in [-0.1, -0.05) is 13.0 Å². The van der Waals surface area contributed by atoms with Gasteiger partial charge in [0.25, 0.3) is 0 Å². The van der Waals surface area contributed by atoms with Crippen molar-refractivity contribution in [2.45, 2.75) is 46.7 Å². The normalized spacial score (nSPS) is 15.9. The molecular weight excluding hydrogens is 388 g/mol. The zero-order chi connectivity index (χ0) is 22.0. The van der Waals surface area contributed by atoms with Crippen molar-refractivity contribution in [3.63, 3.8) is 0 Å². The molecule has 1 aromatic carbocycles. The van der Waals surface area contributed by atoms with Gasteiger partial charge in [0.15, 0.2) is 5.65 Å². The van der Waals surface area contributed by atoms with E-state index in [0.717, 1.165) is 61.8 Å². The number of aryl methyl sites for hydroxylation is 2. The van der Waals surface area contributed by atoms with E-state index in [-0.39, 0.29) is 12.1 Å². The van der Waals surface area contributed by atoms with Crippen molar-refractivity contribution < 1.29 is 4.79 Å². The van der Waals surface area contributed by atoms with Crippen molar-refractivity contribution in [3.05, 3.63) is 53.5 Å². The number of nitrogens with one attached hydrogen (secondary N) is 1. The number of hydrogen-bond acceptors (Lipinski definition) is 4. The highest BCUT2D eigenvalue weighted by Crippen LogP contribution is 2.23. The fraction of sp³-hybridized carbons (Fsp3) is 0.458. The summed E-state index contributed by atoms with van der Waals surface area (Å²) in [5.74, 6) is 0.983. The van der Waals surface area contributed by atoms with Crippen LogP contribution < -0.4 is 5.32 Å². The van der Waals surface area contributed by atoms with E-state index in [2.05, 4.69) is 58.7 Å². The van der Waals surface area contributed by atoms with E-state index in [4.69, 9.17) is 4.98 Å². The smallest absolute Gasteiger partial charge is 0.317 e. The topological polar surface area (TPSA) is 66.3 Å². The summed E-state index contributed by atoms with van der Waals surface area (Å²) < 4.78 is 2.18. The summed E-state index contributed by atoms with van der Waals surface area (Å²) in [7, 11) is 0. The second-order valence-corrected chi connectivity index (χ2v) is 8.58. The van der Waals surface area contributed by atoms with Gasteiger partial charge in [-0.15, -0.1) is 0 Å². The maximum atomic E-state index is 12.4. The van der Waals surface area contributed by atoms with Crippen LogP contribution in [0.15, 0.2) is 36.5 Å². The molecule has 1 aliphatic rings. The third-order valence-corrected chi connectivity index (χ3v) is 5.96. The molecule has 1 unspecified atom stereocenters. The minimum absolute atomic E-state index is 0.0423. The van der Waals surface area contributed by atoms with Gasteiger partial charge in [-0.25, -0.2) is 14.8 Å². The molecule has 2 aromatic heterocycles. The molecule has 1 fully saturated rings. The third-order valence-electron chi connectivity index (χ3n) is 5.96. The SMILES string of the molecule is CCC(C)NC(=O)N1CCN(Cc2nc3cccnc3n2-c2cc(C)cc(C)c2)CC1. The molecule has 4 rings (SSSR count). The van der Waals surface area contributed by atoms with Crippen molar-refractivity contribution in [2.24, 2.45) is 0 Å². The molecule has 1 aliphatic heterocycles. The number of pyridine rings is 1. The lowest BCUT2D eigenvalue weighted by Crippen LogP contribution is -2.52. The average molecular weight is 421 g/mol. The van der Waals surface area contributed by atoms with Gasteiger partial charge in [-0.2, -0.15) is 0 Å². The Labute approximate surface area is 184 Å². The number of carbonyl (C=O) groups excluding carboxylic acids is 1. The van der Waals surface area contributed by atoms with Crippen LogP contribution >= 0.6 is 0 Å². The molecule has 1 N–H and O–H groups in total. The van der Waals surface area contributed by atoms with Crippen molar-refractivity contribution >= 4 is 17.2 Å². The Bertz CT molecular complexity index is 1050. The minimum atomic E-state index is 0.0423. The second kappa shape index (κ2) is 9.06. The van der Waals surface area contributed by atoms with Crippen LogP contribution in [0.1, 0.15) is 37.2 Å². The van der Waals surface area contributed by atoms with Gasteiger partial charge in [0.05, 0.1) is 6.54 Å². The number of piperazine rings is 1. The molecule has 164 valence electrons. The highest BCUT2D eigenvalue weighted by molar-refractivity contribution is 5.75. The number of urea groups is 1. The summed E-state index contributed by atoms with van der Waals surface area (Å²) in [5.41, 5.74) is 5.33. The van der Waals surface area contributed by atoms with E-state index in [1.54, 1.807) is 0 Å². The first-order chi connectivity index (χ1) is 14.9. The Hall–Kier alpha value is -2.93. The molecule has 0 spiro atoms.